The molecular weight excluding hydrogens is 468 g/mol. The number of urea groups is 1. The molecule has 0 bridgehead atoms. The van der Waals surface area contributed by atoms with Gasteiger partial charge in [0.2, 0.25) is 15.9 Å². The summed E-state index contributed by atoms with van der Waals surface area (Å²) in [4.78, 5) is 40.4. The molecule has 2 aromatic carbocycles. The van der Waals surface area contributed by atoms with Crippen LogP contribution in [0.25, 0.3) is 0 Å². The molecule has 2 atom stereocenters. The number of carbonyl (C=O) groups is 3. The van der Waals surface area contributed by atoms with Crippen molar-refractivity contribution in [2.45, 2.75) is 56.5 Å². The molecule has 9 nitrogen and oxygen atoms in total. The molecule has 0 unspecified atom stereocenters. The van der Waals surface area contributed by atoms with Crippen molar-refractivity contribution < 1.29 is 22.8 Å². The average molecular weight is 499 g/mol. The molecule has 2 N–H and O–H groups in total. The minimum absolute atomic E-state index is 0.0234. The molecule has 0 spiro atoms. The van der Waals surface area contributed by atoms with Gasteiger partial charge in [-0.05, 0) is 74.4 Å². The van der Waals surface area contributed by atoms with E-state index in [1.807, 2.05) is 18.2 Å². The van der Waals surface area contributed by atoms with Gasteiger partial charge in [-0.15, -0.1) is 0 Å². The SMILES string of the molecule is Cc1ccc(S(=O)(=O)N(C)C)cc1NC(=O)[C@H](C)N1C(=O)N[C@](C)(c2ccc3c(c2)CCC3)C1=O. The van der Waals surface area contributed by atoms with Crippen molar-refractivity contribution in [3.05, 3.63) is 58.7 Å². The monoisotopic (exact) mass is 498 g/mol. The summed E-state index contributed by atoms with van der Waals surface area (Å²) in [6, 6.07) is 8.48. The van der Waals surface area contributed by atoms with E-state index >= 15 is 0 Å². The van der Waals surface area contributed by atoms with Gasteiger partial charge in [-0.2, -0.15) is 0 Å². The lowest BCUT2D eigenvalue weighted by atomic mass is 9.89. The molecule has 0 saturated carbocycles. The van der Waals surface area contributed by atoms with Crippen LogP contribution in [-0.4, -0.2) is 55.6 Å². The Labute approximate surface area is 205 Å². The van der Waals surface area contributed by atoms with Crippen LogP contribution in [0.3, 0.4) is 0 Å². The molecule has 1 aliphatic carbocycles. The van der Waals surface area contributed by atoms with Crippen molar-refractivity contribution in [1.82, 2.24) is 14.5 Å². The summed E-state index contributed by atoms with van der Waals surface area (Å²) >= 11 is 0. The number of amides is 4. The van der Waals surface area contributed by atoms with Crippen molar-refractivity contribution in [2.24, 2.45) is 0 Å². The maximum absolute atomic E-state index is 13.4. The third kappa shape index (κ3) is 4.21. The van der Waals surface area contributed by atoms with Gasteiger partial charge in [-0.25, -0.2) is 22.4 Å². The Morgan fingerprint density at radius 1 is 1.11 bits per heavy atom. The van der Waals surface area contributed by atoms with Crippen LogP contribution in [0, 0.1) is 6.92 Å². The van der Waals surface area contributed by atoms with Gasteiger partial charge in [0.25, 0.3) is 5.91 Å². The summed E-state index contributed by atoms with van der Waals surface area (Å²) in [6.07, 6.45) is 3.01. The number of hydrogen-bond donors (Lipinski definition) is 2. The Bertz CT molecular complexity index is 1340. The van der Waals surface area contributed by atoms with E-state index in [4.69, 9.17) is 0 Å². The maximum Gasteiger partial charge on any atom is 0.326 e. The summed E-state index contributed by atoms with van der Waals surface area (Å²) in [7, 11) is -0.859. The Morgan fingerprint density at radius 2 is 1.80 bits per heavy atom. The van der Waals surface area contributed by atoms with Gasteiger partial charge in [0, 0.05) is 19.8 Å². The third-order valence-corrected chi connectivity index (χ3v) is 8.72. The molecule has 10 heteroatoms. The van der Waals surface area contributed by atoms with Gasteiger partial charge in [0.1, 0.15) is 11.6 Å². The van der Waals surface area contributed by atoms with Crippen LogP contribution in [0.5, 0.6) is 0 Å². The summed E-state index contributed by atoms with van der Waals surface area (Å²) in [5.41, 5.74) is 2.77. The van der Waals surface area contributed by atoms with Gasteiger partial charge in [0.05, 0.1) is 4.90 Å². The fourth-order valence-corrected chi connectivity index (χ4v) is 5.48. The van der Waals surface area contributed by atoms with E-state index in [2.05, 4.69) is 10.6 Å². The van der Waals surface area contributed by atoms with Crippen LogP contribution in [0.2, 0.25) is 0 Å². The van der Waals surface area contributed by atoms with E-state index < -0.39 is 39.4 Å². The lowest BCUT2D eigenvalue weighted by molar-refractivity contribution is -0.136. The zero-order valence-electron chi connectivity index (χ0n) is 20.5. The number of hydrogen-bond acceptors (Lipinski definition) is 5. The van der Waals surface area contributed by atoms with Crippen molar-refractivity contribution in [3.63, 3.8) is 0 Å². The summed E-state index contributed by atoms with van der Waals surface area (Å²) in [6.45, 7) is 4.84. The molecule has 4 amide bonds. The number of imide groups is 1. The molecule has 1 heterocycles. The van der Waals surface area contributed by atoms with E-state index in [0.717, 1.165) is 28.5 Å². The van der Waals surface area contributed by atoms with Crippen molar-refractivity contribution in [3.8, 4) is 0 Å². The van der Waals surface area contributed by atoms with Crippen LogP contribution in [0.4, 0.5) is 10.5 Å². The number of rotatable bonds is 6. The molecule has 1 aliphatic heterocycles. The van der Waals surface area contributed by atoms with Crippen LogP contribution in [0.1, 0.15) is 42.5 Å². The van der Waals surface area contributed by atoms with E-state index in [-0.39, 0.29) is 4.90 Å². The summed E-state index contributed by atoms with van der Waals surface area (Å²) < 4.78 is 26.1. The average Bonchev–Trinajstić information content (AvgIpc) is 3.36. The van der Waals surface area contributed by atoms with Crippen LogP contribution in [-0.2, 0) is 38.0 Å². The zero-order valence-corrected chi connectivity index (χ0v) is 21.3. The second-order valence-corrected chi connectivity index (χ2v) is 11.6. The fraction of sp³-hybridized carbons (Fsp3) is 0.400. The highest BCUT2D eigenvalue weighted by Gasteiger charge is 2.52. The summed E-state index contributed by atoms with van der Waals surface area (Å²) in [5, 5.41) is 5.45. The van der Waals surface area contributed by atoms with Gasteiger partial charge in [-0.3, -0.25) is 9.59 Å². The van der Waals surface area contributed by atoms with E-state index in [1.54, 1.807) is 19.9 Å². The normalized spacial score (nSPS) is 20.7. The second kappa shape index (κ2) is 8.76. The molecule has 0 radical (unpaired) electrons. The highest BCUT2D eigenvalue weighted by atomic mass is 32.2. The lowest BCUT2D eigenvalue weighted by Gasteiger charge is -2.25. The molecule has 35 heavy (non-hydrogen) atoms. The molecule has 1 saturated heterocycles. The van der Waals surface area contributed by atoms with E-state index in [9.17, 15) is 22.8 Å². The van der Waals surface area contributed by atoms with E-state index in [0.29, 0.717) is 16.8 Å². The predicted molar refractivity (Wildman–Crippen MR) is 131 cm³/mol. The molecule has 4 rings (SSSR count). The quantitative estimate of drug-likeness (QED) is 0.594. The molecule has 186 valence electrons. The van der Waals surface area contributed by atoms with Crippen LogP contribution < -0.4 is 10.6 Å². The number of aryl methyl sites for hydroxylation is 3. The Kier molecular flexibility index (Phi) is 6.23. The smallest absolute Gasteiger partial charge is 0.324 e. The fourth-order valence-electron chi connectivity index (χ4n) is 4.55. The van der Waals surface area contributed by atoms with Gasteiger partial charge in [-0.1, -0.05) is 24.3 Å². The Balaban J connectivity index is 1.57. The predicted octanol–water partition coefficient (Wildman–Crippen LogP) is 2.53. The molecule has 0 aromatic heterocycles. The standard InChI is InChI=1S/C25H30N4O5S/c1-15-9-12-20(35(33,34)28(4)5)14-21(15)26-22(30)16(2)29-23(31)25(3,27-24(29)32)19-11-10-17-7-6-8-18(17)13-19/h9-14,16H,6-8H2,1-5H3,(H,26,30)(H,27,32)/t16-,25+/m0/s1. The zero-order chi connectivity index (χ0) is 25.7. The summed E-state index contributed by atoms with van der Waals surface area (Å²) in [5.74, 6) is -1.11. The lowest BCUT2D eigenvalue weighted by Crippen LogP contribution is -2.47. The highest BCUT2D eigenvalue weighted by Crippen LogP contribution is 2.33. The molecular formula is C25H30N4O5S. The van der Waals surface area contributed by atoms with E-state index in [1.165, 1.54) is 44.3 Å². The number of nitrogens with zero attached hydrogens (tertiary/aromatic N) is 2. The first kappa shape index (κ1) is 24.9. The number of carbonyl (C=O) groups excluding carboxylic acids is 3. The van der Waals surface area contributed by atoms with Crippen molar-refractivity contribution >= 4 is 33.6 Å². The van der Waals surface area contributed by atoms with Gasteiger partial charge in [0.15, 0.2) is 0 Å². The number of nitrogens with one attached hydrogen (secondary N) is 2. The first-order valence-electron chi connectivity index (χ1n) is 11.5. The van der Waals surface area contributed by atoms with Crippen molar-refractivity contribution in [2.75, 3.05) is 19.4 Å². The maximum atomic E-state index is 13.4. The topological polar surface area (TPSA) is 116 Å². The highest BCUT2D eigenvalue weighted by molar-refractivity contribution is 7.89. The van der Waals surface area contributed by atoms with Gasteiger partial charge >= 0.3 is 6.03 Å². The minimum atomic E-state index is -3.70. The van der Waals surface area contributed by atoms with Crippen LogP contribution >= 0.6 is 0 Å². The van der Waals surface area contributed by atoms with Crippen LogP contribution in [0.15, 0.2) is 41.3 Å². The number of fused-ring (bicyclic) bond motifs is 1. The first-order chi connectivity index (χ1) is 16.4. The first-order valence-corrected chi connectivity index (χ1v) is 12.9. The molecule has 2 aliphatic rings. The number of anilines is 1. The Hall–Kier alpha value is -3.24. The van der Waals surface area contributed by atoms with Gasteiger partial charge < -0.3 is 10.6 Å². The largest absolute Gasteiger partial charge is 0.326 e. The number of benzene rings is 2. The number of sulfonamides is 1. The second-order valence-electron chi connectivity index (χ2n) is 9.50. The molecule has 2 aromatic rings. The molecule has 1 fully saturated rings. The van der Waals surface area contributed by atoms with Crippen molar-refractivity contribution in [1.29, 1.82) is 0 Å². The third-order valence-electron chi connectivity index (χ3n) is 6.91. The Morgan fingerprint density at radius 3 is 2.49 bits per heavy atom. The minimum Gasteiger partial charge on any atom is -0.324 e.